The lowest BCUT2D eigenvalue weighted by Gasteiger charge is -2.15. The number of rotatable bonds is 5. The van der Waals surface area contributed by atoms with Crippen LogP contribution >= 0.6 is 0 Å². The van der Waals surface area contributed by atoms with E-state index in [4.69, 9.17) is 10.5 Å². The molecule has 8 heteroatoms. The van der Waals surface area contributed by atoms with Gasteiger partial charge in [-0.05, 0) is 73.0 Å². The first-order valence-electron chi connectivity index (χ1n) is 10.1. The van der Waals surface area contributed by atoms with Crippen LogP contribution in [-0.2, 0) is 6.18 Å². The second-order valence-corrected chi connectivity index (χ2v) is 7.53. The molecule has 0 aliphatic carbocycles. The van der Waals surface area contributed by atoms with Crippen LogP contribution in [0.15, 0.2) is 79.0 Å². The number of nitrogens with zero attached hydrogens (tertiary/aromatic N) is 1. The number of nitrogen functional groups attached to an aromatic ring is 1. The van der Waals surface area contributed by atoms with Crippen molar-refractivity contribution in [1.82, 2.24) is 10.3 Å². The van der Waals surface area contributed by atoms with Crippen LogP contribution in [0, 0.1) is 0 Å². The Labute approximate surface area is 188 Å². The van der Waals surface area contributed by atoms with E-state index in [1.165, 1.54) is 12.1 Å². The van der Waals surface area contributed by atoms with Crippen LogP contribution in [0.1, 0.15) is 34.6 Å². The molecule has 0 spiro atoms. The first-order chi connectivity index (χ1) is 15.7. The monoisotopic (exact) mass is 451 g/mol. The van der Waals surface area contributed by atoms with Gasteiger partial charge in [0.05, 0.1) is 17.3 Å². The van der Waals surface area contributed by atoms with Crippen LogP contribution in [0.2, 0.25) is 0 Å². The Hall–Kier alpha value is -4.07. The Bertz CT molecular complexity index is 1300. The van der Waals surface area contributed by atoms with Crippen molar-refractivity contribution in [2.45, 2.75) is 19.1 Å². The van der Waals surface area contributed by atoms with Gasteiger partial charge in [-0.15, -0.1) is 0 Å². The standard InChI is InChI=1S/C25H20F3N3O2/c1-15(22-14-19(29)11-12-30-22)31-24(32)17-5-10-21-16(13-17)3-2-4-23(21)33-20-8-6-18(7-9-20)25(26,27)28/h2-15H,1H3,(H2,29,30)(H,31,32)/t15-/m0/s1. The van der Waals surface area contributed by atoms with Crippen molar-refractivity contribution in [2.24, 2.45) is 0 Å². The minimum Gasteiger partial charge on any atom is -0.457 e. The van der Waals surface area contributed by atoms with Crippen molar-refractivity contribution in [3.63, 3.8) is 0 Å². The Kier molecular flexibility index (Phi) is 5.91. The van der Waals surface area contributed by atoms with Crippen molar-refractivity contribution in [1.29, 1.82) is 0 Å². The summed E-state index contributed by atoms with van der Waals surface area (Å²) in [5, 5.41) is 4.37. The fraction of sp³-hybridized carbons (Fsp3) is 0.120. The first-order valence-corrected chi connectivity index (χ1v) is 10.1. The third-order valence-electron chi connectivity index (χ3n) is 5.11. The van der Waals surface area contributed by atoms with Gasteiger partial charge in [0.2, 0.25) is 0 Å². The van der Waals surface area contributed by atoms with Crippen LogP contribution < -0.4 is 15.8 Å². The highest BCUT2D eigenvalue weighted by Crippen LogP contribution is 2.33. The number of fused-ring (bicyclic) bond motifs is 1. The number of alkyl halides is 3. The lowest BCUT2D eigenvalue weighted by atomic mass is 10.1. The summed E-state index contributed by atoms with van der Waals surface area (Å²) in [6.07, 6.45) is -2.82. The molecule has 0 bridgehead atoms. The number of halogens is 3. The molecule has 168 valence electrons. The number of amides is 1. The molecule has 33 heavy (non-hydrogen) atoms. The molecule has 1 atom stereocenters. The highest BCUT2D eigenvalue weighted by Gasteiger charge is 2.30. The third-order valence-corrected chi connectivity index (χ3v) is 5.11. The number of anilines is 1. The van der Waals surface area contributed by atoms with Gasteiger partial charge in [0.1, 0.15) is 11.5 Å². The molecule has 0 aliphatic heterocycles. The number of aromatic nitrogens is 1. The van der Waals surface area contributed by atoms with E-state index in [0.717, 1.165) is 22.9 Å². The lowest BCUT2D eigenvalue weighted by molar-refractivity contribution is -0.137. The van der Waals surface area contributed by atoms with Crippen LogP contribution in [0.25, 0.3) is 10.8 Å². The first kappa shape index (κ1) is 22.1. The van der Waals surface area contributed by atoms with Crippen molar-refractivity contribution >= 4 is 22.4 Å². The predicted octanol–water partition coefficient (Wildman–Crippen LogP) is 6.12. The van der Waals surface area contributed by atoms with E-state index < -0.39 is 11.7 Å². The average molecular weight is 451 g/mol. The number of nitrogens with one attached hydrogen (secondary N) is 1. The summed E-state index contributed by atoms with van der Waals surface area (Å²) < 4.78 is 44.1. The van der Waals surface area contributed by atoms with Crippen molar-refractivity contribution in [2.75, 3.05) is 5.73 Å². The van der Waals surface area contributed by atoms with Gasteiger partial charge in [0.15, 0.2) is 0 Å². The molecule has 4 rings (SSSR count). The second kappa shape index (κ2) is 8.82. The van der Waals surface area contributed by atoms with Gasteiger partial charge < -0.3 is 15.8 Å². The molecule has 1 amide bonds. The number of nitrogens with two attached hydrogens (primary N) is 1. The molecule has 0 saturated carbocycles. The molecule has 0 radical (unpaired) electrons. The Morgan fingerprint density at radius 3 is 2.48 bits per heavy atom. The largest absolute Gasteiger partial charge is 0.457 e. The normalized spacial score (nSPS) is 12.4. The summed E-state index contributed by atoms with van der Waals surface area (Å²) in [5.74, 6) is 0.472. The molecule has 0 aliphatic rings. The number of hydrogen-bond donors (Lipinski definition) is 2. The fourth-order valence-electron chi connectivity index (χ4n) is 3.38. The summed E-state index contributed by atoms with van der Waals surface area (Å²) in [7, 11) is 0. The molecule has 0 fully saturated rings. The van der Waals surface area contributed by atoms with E-state index in [1.54, 1.807) is 48.7 Å². The highest BCUT2D eigenvalue weighted by atomic mass is 19.4. The van der Waals surface area contributed by atoms with E-state index >= 15 is 0 Å². The number of ether oxygens (including phenoxy) is 1. The topological polar surface area (TPSA) is 77.2 Å². The smallest absolute Gasteiger partial charge is 0.416 e. The molecular formula is C25H20F3N3O2. The van der Waals surface area contributed by atoms with Gasteiger partial charge in [0, 0.05) is 22.8 Å². The number of carbonyl (C=O) groups excluding carboxylic acids is 1. The summed E-state index contributed by atoms with van der Waals surface area (Å²) in [4.78, 5) is 17.0. The number of carbonyl (C=O) groups is 1. The summed E-state index contributed by atoms with van der Waals surface area (Å²) in [6.45, 7) is 1.82. The lowest BCUT2D eigenvalue weighted by Crippen LogP contribution is -2.27. The van der Waals surface area contributed by atoms with Crippen LogP contribution in [-0.4, -0.2) is 10.9 Å². The van der Waals surface area contributed by atoms with Gasteiger partial charge in [-0.2, -0.15) is 13.2 Å². The fourth-order valence-corrected chi connectivity index (χ4v) is 3.38. The van der Waals surface area contributed by atoms with Crippen LogP contribution in [0.5, 0.6) is 11.5 Å². The molecule has 1 heterocycles. The molecule has 0 unspecified atom stereocenters. The average Bonchev–Trinajstić information content (AvgIpc) is 2.78. The Morgan fingerprint density at radius 2 is 1.79 bits per heavy atom. The zero-order valence-electron chi connectivity index (χ0n) is 17.6. The zero-order valence-corrected chi connectivity index (χ0v) is 17.6. The minimum atomic E-state index is -4.41. The van der Waals surface area contributed by atoms with Gasteiger partial charge in [-0.1, -0.05) is 12.1 Å². The SMILES string of the molecule is C[C@H](NC(=O)c1ccc2c(Oc3ccc(C(F)(F)F)cc3)cccc2c1)c1cc(N)ccn1. The quantitative estimate of drug-likeness (QED) is 0.383. The Morgan fingerprint density at radius 1 is 1.03 bits per heavy atom. The van der Waals surface area contributed by atoms with Gasteiger partial charge in [0.25, 0.3) is 5.91 Å². The summed E-state index contributed by atoms with van der Waals surface area (Å²) in [6, 6.07) is 18.0. The number of pyridine rings is 1. The van der Waals surface area contributed by atoms with Gasteiger partial charge >= 0.3 is 6.18 Å². The number of hydrogen-bond acceptors (Lipinski definition) is 4. The maximum Gasteiger partial charge on any atom is 0.416 e. The summed E-state index contributed by atoms with van der Waals surface area (Å²) in [5.41, 5.74) is 6.70. The van der Waals surface area contributed by atoms with E-state index in [-0.39, 0.29) is 17.7 Å². The summed E-state index contributed by atoms with van der Waals surface area (Å²) >= 11 is 0. The van der Waals surface area contributed by atoms with E-state index in [2.05, 4.69) is 10.3 Å². The number of benzene rings is 3. The zero-order chi connectivity index (χ0) is 23.6. The highest BCUT2D eigenvalue weighted by molar-refractivity contribution is 6.00. The van der Waals surface area contributed by atoms with Gasteiger partial charge in [-0.3, -0.25) is 9.78 Å². The van der Waals surface area contributed by atoms with Crippen LogP contribution in [0.4, 0.5) is 18.9 Å². The minimum absolute atomic E-state index is 0.275. The predicted molar refractivity (Wildman–Crippen MR) is 120 cm³/mol. The van der Waals surface area contributed by atoms with E-state index in [1.807, 2.05) is 13.0 Å². The maximum atomic E-state index is 12.8. The van der Waals surface area contributed by atoms with E-state index in [9.17, 15) is 18.0 Å². The molecule has 0 saturated heterocycles. The molecule has 5 nitrogen and oxygen atoms in total. The molecule has 3 N–H and O–H groups in total. The molecule has 1 aromatic heterocycles. The van der Waals surface area contributed by atoms with Crippen LogP contribution in [0.3, 0.4) is 0 Å². The molecule has 3 aromatic carbocycles. The van der Waals surface area contributed by atoms with E-state index in [0.29, 0.717) is 22.7 Å². The second-order valence-electron chi connectivity index (χ2n) is 7.53. The molecular weight excluding hydrogens is 431 g/mol. The Balaban J connectivity index is 1.53. The molecule has 4 aromatic rings. The van der Waals surface area contributed by atoms with Crippen molar-refractivity contribution in [3.8, 4) is 11.5 Å². The third kappa shape index (κ3) is 5.06. The van der Waals surface area contributed by atoms with Gasteiger partial charge in [-0.25, -0.2) is 0 Å². The maximum absolute atomic E-state index is 12.8. The van der Waals surface area contributed by atoms with Crippen molar-refractivity contribution < 1.29 is 22.7 Å². The van der Waals surface area contributed by atoms with Crippen molar-refractivity contribution in [3.05, 3.63) is 95.8 Å².